The first kappa shape index (κ1) is 17.8. The van der Waals surface area contributed by atoms with Crippen LogP contribution in [0.4, 0.5) is 5.69 Å². The Morgan fingerprint density at radius 2 is 2.30 bits per heavy atom. The van der Waals surface area contributed by atoms with Crippen LogP contribution in [0.1, 0.15) is 12.0 Å². The molecule has 0 saturated carbocycles. The van der Waals surface area contributed by atoms with Gasteiger partial charge in [0.2, 0.25) is 5.91 Å². The SMILES string of the molecule is COCCCn1cnnc1SCC(=O)Nc1cccc(Cl)c1C. The van der Waals surface area contributed by atoms with E-state index in [9.17, 15) is 4.79 Å². The summed E-state index contributed by atoms with van der Waals surface area (Å²) in [6.07, 6.45) is 2.53. The number of nitrogens with one attached hydrogen (secondary N) is 1. The van der Waals surface area contributed by atoms with Crippen LogP contribution in [-0.4, -0.2) is 40.1 Å². The topological polar surface area (TPSA) is 69.0 Å². The maximum atomic E-state index is 12.1. The molecule has 2 aromatic rings. The Hall–Kier alpha value is -1.57. The molecule has 0 bridgehead atoms. The lowest BCUT2D eigenvalue weighted by Gasteiger charge is -2.09. The normalized spacial score (nSPS) is 10.7. The number of nitrogens with zero attached hydrogens (tertiary/aromatic N) is 3. The highest BCUT2D eigenvalue weighted by atomic mass is 35.5. The summed E-state index contributed by atoms with van der Waals surface area (Å²) in [4.78, 5) is 12.1. The van der Waals surface area contributed by atoms with Crippen molar-refractivity contribution in [2.75, 3.05) is 24.8 Å². The number of carbonyl (C=O) groups is 1. The second-order valence-corrected chi connectivity index (χ2v) is 6.25. The zero-order chi connectivity index (χ0) is 16.7. The van der Waals surface area contributed by atoms with E-state index in [4.69, 9.17) is 16.3 Å². The number of aryl methyl sites for hydroxylation is 1. The largest absolute Gasteiger partial charge is 0.385 e. The summed E-state index contributed by atoms with van der Waals surface area (Å²) in [6, 6.07) is 5.44. The monoisotopic (exact) mass is 354 g/mol. The summed E-state index contributed by atoms with van der Waals surface area (Å²) in [5.74, 6) is 0.154. The van der Waals surface area contributed by atoms with Crippen molar-refractivity contribution < 1.29 is 9.53 Å². The summed E-state index contributed by atoms with van der Waals surface area (Å²) < 4.78 is 6.95. The molecule has 0 unspecified atom stereocenters. The molecule has 2 rings (SSSR count). The van der Waals surface area contributed by atoms with Crippen LogP contribution >= 0.6 is 23.4 Å². The van der Waals surface area contributed by atoms with Crippen LogP contribution in [0, 0.1) is 6.92 Å². The van der Waals surface area contributed by atoms with Crippen molar-refractivity contribution in [2.24, 2.45) is 0 Å². The van der Waals surface area contributed by atoms with Crippen LogP contribution < -0.4 is 5.32 Å². The Balaban J connectivity index is 1.87. The van der Waals surface area contributed by atoms with Gasteiger partial charge in [-0.3, -0.25) is 4.79 Å². The van der Waals surface area contributed by atoms with Crippen molar-refractivity contribution >= 4 is 35.0 Å². The fourth-order valence-electron chi connectivity index (χ4n) is 1.95. The highest BCUT2D eigenvalue weighted by Crippen LogP contribution is 2.23. The second-order valence-electron chi connectivity index (χ2n) is 4.90. The number of anilines is 1. The molecule has 1 heterocycles. The first-order chi connectivity index (χ1) is 11.1. The van der Waals surface area contributed by atoms with E-state index in [1.807, 2.05) is 23.6 Å². The number of methoxy groups -OCH3 is 1. The van der Waals surface area contributed by atoms with E-state index >= 15 is 0 Å². The maximum absolute atomic E-state index is 12.1. The van der Waals surface area contributed by atoms with Gasteiger partial charge in [-0.15, -0.1) is 10.2 Å². The number of ether oxygens (including phenoxy) is 1. The molecule has 0 aliphatic heterocycles. The number of amides is 1. The Bertz CT molecular complexity index is 663. The molecule has 8 heteroatoms. The third-order valence-corrected chi connectivity index (χ3v) is 4.59. The molecule has 6 nitrogen and oxygen atoms in total. The molecule has 0 radical (unpaired) electrons. The van der Waals surface area contributed by atoms with E-state index in [0.717, 1.165) is 29.4 Å². The second kappa shape index (κ2) is 8.90. The zero-order valence-electron chi connectivity index (χ0n) is 13.1. The van der Waals surface area contributed by atoms with Gasteiger partial charge in [-0.1, -0.05) is 29.4 Å². The van der Waals surface area contributed by atoms with E-state index in [1.54, 1.807) is 19.5 Å². The number of hydrogen-bond acceptors (Lipinski definition) is 5. The van der Waals surface area contributed by atoms with Crippen LogP contribution in [0.2, 0.25) is 5.02 Å². The first-order valence-electron chi connectivity index (χ1n) is 7.16. The zero-order valence-corrected chi connectivity index (χ0v) is 14.7. The van der Waals surface area contributed by atoms with E-state index in [0.29, 0.717) is 11.6 Å². The number of carbonyl (C=O) groups excluding carboxylic acids is 1. The van der Waals surface area contributed by atoms with Crippen molar-refractivity contribution in [3.8, 4) is 0 Å². The van der Waals surface area contributed by atoms with E-state index in [2.05, 4.69) is 15.5 Å². The summed E-state index contributed by atoms with van der Waals surface area (Å²) in [5.41, 5.74) is 1.58. The lowest BCUT2D eigenvalue weighted by Crippen LogP contribution is -2.15. The van der Waals surface area contributed by atoms with Gasteiger partial charge in [0.15, 0.2) is 5.16 Å². The molecule has 23 heavy (non-hydrogen) atoms. The summed E-state index contributed by atoms with van der Waals surface area (Å²) in [5, 5.41) is 12.1. The molecule has 1 amide bonds. The van der Waals surface area contributed by atoms with E-state index in [1.165, 1.54) is 11.8 Å². The quantitative estimate of drug-likeness (QED) is 0.583. The van der Waals surface area contributed by atoms with Gasteiger partial charge in [-0.2, -0.15) is 0 Å². The van der Waals surface area contributed by atoms with Crippen LogP contribution in [0.15, 0.2) is 29.7 Å². The van der Waals surface area contributed by atoms with E-state index in [-0.39, 0.29) is 11.7 Å². The molecule has 1 aromatic heterocycles. The molecule has 0 fully saturated rings. The van der Waals surface area contributed by atoms with Crippen molar-refractivity contribution in [3.63, 3.8) is 0 Å². The third kappa shape index (κ3) is 5.23. The highest BCUT2D eigenvalue weighted by Gasteiger charge is 2.10. The predicted molar refractivity (Wildman–Crippen MR) is 92.1 cm³/mol. The van der Waals surface area contributed by atoms with Crippen molar-refractivity contribution in [3.05, 3.63) is 35.1 Å². The third-order valence-electron chi connectivity index (χ3n) is 3.20. The fraction of sp³-hybridized carbons (Fsp3) is 0.400. The van der Waals surface area contributed by atoms with Gasteiger partial charge in [0.1, 0.15) is 6.33 Å². The molecule has 1 N–H and O–H groups in total. The van der Waals surface area contributed by atoms with Crippen LogP contribution in [0.5, 0.6) is 0 Å². The molecule has 0 atom stereocenters. The first-order valence-corrected chi connectivity index (χ1v) is 8.52. The van der Waals surface area contributed by atoms with Gasteiger partial charge < -0.3 is 14.6 Å². The number of hydrogen-bond donors (Lipinski definition) is 1. The van der Waals surface area contributed by atoms with Crippen molar-refractivity contribution in [2.45, 2.75) is 25.0 Å². The maximum Gasteiger partial charge on any atom is 0.234 e. The summed E-state index contributed by atoms with van der Waals surface area (Å²) >= 11 is 7.40. The van der Waals surface area contributed by atoms with Gasteiger partial charge in [0.05, 0.1) is 5.75 Å². The Morgan fingerprint density at radius 3 is 3.09 bits per heavy atom. The van der Waals surface area contributed by atoms with Gasteiger partial charge >= 0.3 is 0 Å². The molecule has 0 saturated heterocycles. The Labute approximate surface area is 144 Å². The number of thioether (sulfide) groups is 1. The van der Waals surface area contributed by atoms with Crippen LogP contribution in [-0.2, 0) is 16.1 Å². The minimum Gasteiger partial charge on any atom is -0.385 e. The smallest absolute Gasteiger partial charge is 0.234 e. The molecule has 0 aliphatic rings. The summed E-state index contributed by atoms with van der Waals surface area (Å²) in [7, 11) is 1.67. The minimum atomic E-state index is -0.105. The number of aromatic nitrogens is 3. The average Bonchev–Trinajstić information content (AvgIpc) is 2.98. The summed E-state index contributed by atoms with van der Waals surface area (Å²) in [6.45, 7) is 3.31. The molecular formula is C15H19ClN4O2S. The van der Waals surface area contributed by atoms with Crippen molar-refractivity contribution in [1.82, 2.24) is 14.8 Å². The number of rotatable bonds is 8. The standard InChI is InChI=1S/C15H19ClN4O2S/c1-11-12(16)5-3-6-13(11)18-14(21)9-23-15-19-17-10-20(15)7-4-8-22-2/h3,5-6,10H,4,7-9H2,1-2H3,(H,18,21). The van der Waals surface area contributed by atoms with Gasteiger partial charge in [-0.25, -0.2) is 0 Å². The number of benzene rings is 1. The Morgan fingerprint density at radius 1 is 1.48 bits per heavy atom. The van der Waals surface area contributed by atoms with Crippen LogP contribution in [0.25, 0.3) is 0 Å². The highest BCUT2D eigenvalue weighted by molar-refractivity contribution is 7.99. The average molecular weight is 355 g/mol. The Kier molecular flexibility index (Phi) is 6.88. The minimum absolute atomic E-state index is 0.105. The molecular weight excluding hydrogens is 336 g/mol. The van der Waals surface area contributed by atoms with Crippen LogP contribution in [0.3, 0.4) is 0 Å². The lowest BCUT2D eigenvalue weighted by molar-refractivity contribution is -0.113. The van der Waals surface area contributed by atoms with Gasteiger partial charge in [-0.05, 0) is 31.0 Å². The molecule has 0 spiro atoms. The molecule has 0 aliphatic carbocycles. The molecule has 124 valence electrons. The number of halogens is 1. The van der Waals surface area contributed by atoms with Gasteiger partial charge in [0.25, 0.3) is 0 Å². The van der Waals surface area contributed by atoms with E-state index < -0.39 is 0 Å². The van der Waals surface area contributed by atoms with Gasteiger partial charge in [0, 0.05) is 31.0 Å². The lowest BCUT2D eigenvalue weighted by atomic mass is 10.2. The fourth-order valence-corrected chi connectivity index (χ4v) is 2.86. The molecule has 1 aromatic carbocycles. The van der Waals surface area contributed by atoms with Crippen molar-refractivity contribution in [1.29, 1.82) is 0 Å². The predicted octanol–water partition coefficient (Wildman–Crippen LogP) is 3.01.